The number of benzene rings is 1. The van der Waals surface area contributed by atoms with Crippen LogP contribution in [-0.4, -0.2) is 32.1 Å². The summed E-state index contributed by atoms with van der Waals surface area (Å²) >= 11 is 1.80. The van der Waals surface area contributed by atoms with Crippen molar-refractivity contribution in [3.63, 3.8) is 0 Å². The highest BCUT2D eigenvalue weighted by Gasteiger charge is 2.08. The first kappa shape index (κ1) is 18.2. The molecule has 0 radical (unpaired) electrons. The molecule has 3 rings (SSSR count). The predicted molar refractivity (Wildman–Crippen MR) is 112 cm³/mol. The third kappa shape index (κ3) is 4.32. The third-order valence-electron chi connectivity index (χ3n) is 4.14. The van der Waals surface area contributed by atoms with Crippen molar-refractivity contribution in [2.75, 3.05) is 26.0 Å². The number of guanidine groups is 1. The Balaban J connectivity index is 1.73. The fourth-order valence-electron chi connectivity index (χ4n) is 2.76. The average Bonchev–Trinajstić information content (AvgIpc) is 3.06. The predicted octanol–water partition coefficient (Wildman–Crippen LogP) is 3.54. The van der Waals surface area contributed by atoms with Crippen LogP contribution in [-0.2, 0) is 13.1 Å². The Kier molecular flexibility index (Phi) is 5.73. The third-order valence-corrected chi connectivity index (χ3v) is 5.14. The monoisotopic (exact) mass is 367 g/mol. The lowest BCUT2D eigenvalue weighted by molar-refractivity contribution is 0.817. The highest BCUT2D eigenvalue weighted by molar-refractivity contribution is 7.11. The van der Waals surface area contributed by atoms with Crippen molar-refractivity contribution < 1.29 is 0 Å². The first-order valence-corrected chi connectivity index (χ1v) is 9.44. The van der Waals surface area contributed by atoms with E-state index in [1.807, 2.05) is 25.1 Å². The number of fused-ring (bicyclic) bond motifs is 1. The number of aliphatic imine (C=N–C) groups is 1. The van der Waals surface area contributed by atoms with Gasteiger partial charge in [-0.1, -0.05) is 18.2 Å². The molecule has 0 saturated carbocycles. The number of hydrogen-bond donors (Lipinski definition) is 2. The van der Waals surface area contributed by atoms with Crippen LogP contribution in [0, 0.1) is 6.92 Å². The van der Waals surface area contributed by atoms with E-state index in [9.17, 15) is 0 Å². The fourth-order valence-corrected chi connectivity index (χ4v) is 3.59. The van der Waals surface area contributed by atoms with Crippen molar-refractivity contribution in [2.45, 2.75) is 20.0 Å². The highest BCUT2D eigenvalue weighted by Crippen LogP contribution is 2.22. The Morgan fingerprint density at radius 3 is 2.58 bits per heavy atom. The molecule has 0 aliphatic rings. The van der Waals surface area contributed by atoms with E-state index in [0.717, 1.165) is 29.2 Å². The van der Waals surface area contributed by atoms with Crippen molar-refractivity contribution in [1.82, 2.24) is 15.6 Å². The summed E-state index contributed by atoms with van der Waals surface area (Å²) in [5.41, 5.74) is 2.21. The van der Waals surface area contributed by atoms with Crippen LogP contribution in [0.3, 0.4) is 0 Å². The van der Waals surface area contributed by atoms with Crippen molar-refractivity contribution in [3.05, 3.63) is 57.8 Å². The molecule has 0 unspecified atom stereocenters. The van der Waals surface area contributed by atoms with Crippen LogP contribution < -0.4 is 15.5 Å². The molecule has 1 aromatic carbocycles. The molecule has 0 aliphatic carbocycles. The molecular formula is C20H25N5S. The van der Waals surface area contributed by atoms with E-state index >= 15 is 0 Å². The summed E-state index contributed by atoms with van der Waals surface area (Å²) in [6.45, 7) is 3.59. The number of hydrogen-bond acceptors (Lipinski definition) is 4. The molecule has 3 aromatic rings. The quantitative estimate of drug-likeness (QED) is 0.535. The second kappa shape index (κ2) is 8.19. The van der Waals surface area contributed by atoms with E-state index in [1.165, 1.54) is 15.3 Å². The lowest BCUT2D eigenvalue weighted by Crippen LogP contribution is -2.36. The number of nitrogens with zero attached hydrogens (tertiary/aromatic N) is 3. The first-order chi connectivity index (χ1) is 12.6. The van der Waals surface area contributed by atoms with Gasteiger partial charge in [0.2, 0.25) is 0 Å². The van der Waals surface area contributed by atoms with Crippen LogP contribution in [0.1, 0.15) is 15.3 Å². The van der Waals surface area contributed by atoms with Crippen molar-refractivity contribution >= 4 is 34.0 Å². The maximum absolute atomic E-state index is 4.71. The minimum atomic E-state index is 0.688. The van der Waals surface area contributed by atoms with Gasteiger partial charge < -0.3 is 15.5 Å². The fraction of sp³-hybridized carbons (Fsp3) is 0.300. The van der Waals surface area contributed by atoms with Gasteiger partial charge in [-0.25, -0.2) is 4.98 Å². The molecule has 6 heteroatoms. The zero-order valence-electron chi connectivity index (χ0n) is 15.7. The van der Waals surface area contributed by atoms with E-state index in [0.29, 0.717) is 6.54 Å². The number of aryl methyl sites for hydroxylation is 1. The number of nitrogens with one attached hydrogen (secondary N) is 2. The van der Waals surface area contributed by atoms with E-state index in [4.69, 9.17) is 4.98 Å². The maximum atomic E-state index is 4.71. The van der Waals surface area contributed by atoms with Gasteiger partial charge >= 0.3 is 0 Å². The van der Waals surface area contributed by atoms with Crippen LogP contribution in [0.5, 0.6) is 0 Å². The molecule has 26 heavy (non-hydrogen) atoms. The molecule has 0 bridgehead atoms. The number of thiophene rings is 1. The second-order valence-electron chi connectivity index (χ2n) is 6.34. The lowest BCUT2D eigenvalue weighted by atomic mass is 10.1. The highest BCUT2D eigenvalue weighted by atomic mass is 32.1. The molecule has 2 aromatic heterocycles. The number of pyridine rings is 1. The Morgan fingerprint density at radius 2 is 1.88 bits per heavy atom. The van der Waals surface area contributed by atoms with Gasteiger partial charge in [0.15, 0.2) is 5.96 Å². The average molecular weight is 368 g/mol. The summed E-state index contributed by atoms with van der Waals surface area (Å²) < 4.78 is 0. The van der Waals surface area contributed by atoms with E-state index in [2.05, 4.69) is 58.9 Å². The number of anilines is 1. The first-order valence-electron chi connectivity index (χ1n) is 8.62. The molecule has 2 N–H and O–H groups in total. The van der Waals surface area contributed by atoms with E-state index < -0.39 is 0 Å². The molecule has 136 valence electrons. The van der Waals surface area contributed by atoms with Crippen molar-refractivity contribution in [1.29, 1.82) is 0 Å². The molecule has 0 saturated heterocycles. The Hall–Kier alpha value is -2.60. The van der Waals surface area contributed by atoms with E-state index in [1.54, 1.807) is 18.4 Å². The summed E-state index contributed by atoms with van der Waals surface area (Å²) in [6.07, 6.45) is 0. The van der Waals surface area contributed by atoms with Crippen LogP contribution >= 0.6 is 11.3 Å². The number of aromatic nitrogens is 1. The van der Waals surface area contributed by atoms with E-state index in [-0.39, 0.29) is 0 Å². The van der Waals surface area contributed by atoms with Gasteiger partial charge in [0.05, 0.1) is 12.1 Å². The van der Waals surface area contributed by atoms with Crippen molar-refractivity contribution in [2.24, 2.45) is 4.99 Å². The number of para-hydroxylation sites is 1. The number of rotatable bonds is 5. The van der Waals surface area contributed by atoms with Crippen LogP contribution in [0.4, 0.5) is 5.82 Å². The summed E-state index contributed by atoms with van der Waals surface area (Å²) in [7, 11) is 5.82. The van der Waals surface area contributed by atoms with Crippen molar-refractivity contribution in [3.8, 4) is 0 Å². The normalized spacial score (nSPS) is 11.6. The van der Waals surface area contributed by atoms with Gasteiger partial charge in [0, 0.05) is 42.8 Å². The maximum Gasteiger partial charge on any atom is 0.191 e. The van der Waals surface area contributed by atoms with Gasteiger partial charge in [-0.3, -0.25) is 4.99 Å². The summed E-state index contributed by atoms with van der Waals surface area (Å²) in [6, 6.07) is 14.7. The lowest BCUT2D eigenvalue weighted by Gasteiger charge is -2.16. The molecule has 0 spiro atoms. The van der Waals surface area contributed by atoms with Gasteiger partial charge in [0.25, 0.3) is 0 Å². The molecule has 0 fully saturated rings. The Bertz CT molecular complexity index is 913. The molecule has 2 heterocycles. The van der Waals surface area contributed by atoms with Crippen LogP contribution in [0.2, 0.25) is 0 Å². The molecule has 0 aliphatic heterocycles. The smallest absolute Gasteiger partial charge is 0.191 e. The summed E-state index contributed by atoms with van der Waals surface area (Å²) in [5.74, 6) is 1.75. The Labute approximate surface area is 158 Å². The Morgan fingerprint density at radius 1 is 1.12 bits per heavy atom. The molecule has 5 nitrogen and oxygen atoms in total. The minimum Gasteiger partial charge on any atom is -0.363 e. The van der Waals surface area contributed by atoms with Crippen LogP contribution in [0.15, 0.2) is 47.5 Å². The zero-order valence-corrected chi connectivity index (χ0v) is 16.5. The van der Waals surface area contributed by atoms with Gasteiger partial charge in [-0.2, -0.15) is 0 Å². The molecular weight excluding hydrogens is 342 g/mol. The minimum absolute atomic E-state index is 0.688. The molecule has 0 atom stereocenters. The SMILES string of the molecule is CN=C(NCc1ccc(C)s1)NCc1cc(N(C)C)nc2ccccc12. The zero-order chi connectivity index (χ0) is 18.5. The van der Waals surface area contributed by atoms with Gasteiger partial charge in [-0.05, 0) is 36.8 Å². The van der Waals surface area contributed by atoms with Gasteiger partial charge in [-0.15, -0.1) is 11.3 Å². The van der Waals surface area contributed by atoms with Gasteiger partial charge in [0.1, 0.15) is 5.82 Å². The van der Waals surface area contributed by atoms with Crippen LogP contribution in [0.25, 0.3) is 10.9 Å². The summed E-state index contributed by atoms with van der Waals surface area (Å²) in [5, 5.41) is 7.96. The standard InChI is InChI=1S/C20H25N5S/c1-14-9-10-16(26-14)13-23-20(21-2)22-12-15-11-19(25(3)4)24-18-8-6-5-7-17(15)18/h5-11H,12-13H2,1-4H3,(H2,21,22,23). The largest absolute Gasteiger partial charge is 0.363 e. The summed E-state index contributed by atoms with van der Waals surface area (Å²) in [4.78, 5) is 13.7. The second-order valence-corrected chi connectivity index (χ2v) is 7.72. The molecule has 0 amide bonds. The topological polar surface area (TPSA) is 52.6 Å².